The SMILES string of the molecule is COC(=O)C1=CC(N=O)NC(=O)C1=C(N)CN=[N+]=[N-]. The molecular weight excluding hydrogens is 256 g/mol. The molecule has 0 aromatic rings. The molecule has 0 saturated carbocycles. The molecule has 0 aliphatic carbocycles. The van der Waals surface area contributed by atoms with E-state index in [0.717, 1.165) is 13.2 Å². The van der Waals surface area contributed by atoms with E-state index in [1.165, 1.54) is 0 Å². The average molecular weight is 266 g/mol. The highest BCUT2D eigenvalue weighted by Gasteiger charge is 2.31. The van der Waals surface area contributed by atoms with Gasteiger partial charge in [0, 0.05) is 10.6 Å². The van der Waals surface area contributed by atoms with E-state index in [1.807, 2.05) is 0 Å². The van der Waals surface area contributed by atoms with Crippen molar-refractivity contribution in [3.8, 4) is 0 Å². The van der Waals surface area contributed by atoms with E-state index in [2.05, 4.69) is 25.3 Å². The maximum atomic E-state index is 11.8. The maximum absolute atomic E-state index is 11.8. The molecule has 0 spiro atoms. The minimum Gasteiger partial charge on any atom is -0.465 e. The second-order valence-electron chi connectivity index (χ2n) is 3.38. The summed E-state index contributed by atoms with van der Waals surface area (Å²) in [4.78, 5) is 36.2. The monoisotopic (exact) mass is 266 g/mol. The lowest BCUT2D eigenvalue weighted by Crippen LogP contribution is -2.40. The lowest BCUT2D eigenvalue weighted by Gasteiger charge is -2.20. The van der Waals surface area contributed by atoms with Crippen molar-refractivity contribution in [2.75, 3.05) is 13.7 Å². The number of nitrogens with zero attached hydrogens (tertiary/aromatic N) is 4. The van der Waals surface area contributed by atoms with Gasteiger partial charge in [0.05, 0.1) is 24.8 Å². The number of nitroso groups, excluding NO2 is 1. The Morgan fingerprint density at radius 2 is 2.37 bits per heavy atom. The largest absolute Gasteiger partial charge is 0.465 e. The molecule has 0 aromatic heterocycles. The molecule has 1 atom stereocenters. The number of rotatable bonds is 4. The number of nitrogens with one attached hydrogen (secondary N) is 1. The Kier molecular flexibility index (Phi) is 4.61. The summed E-state index contributed by atoms with van der Waals surface area (Å²) in [5.74, 6) is -1.61. The van der Waals surface area contributed by atoms with Crippen LogP contribution in [0.2, 0.25) is 0 Å². The van der Waals surface area contributed by atoms with Crippen molar-refractivity contribution in [1.29, 1.82) is 0 Å². The van der Waals surface area contributed by atoms with Crippen molar-refractivity contribution < 1.29 is 14.3 Å². The van der Waals surface area contributed by atoms with Gasteiger partial charge in [0.15, 0.2) is 6.17 Å². The standard InChI is InChI=1S/C9H10N6O4/c1-19-9(17)4-2-6(14-18)13-8(16)7(4)5(10)3-12-15-11/h2,6H,3,10H2,1H3,(H,13,16). The number of ether oxygens (including phenoxy) is 1. The number of nitrogens with two attached hydrogens (primary N) is 1. The van der Waals surface area contributed by atoms with E-state index < -0.39 is 18.0 Å². The van der Waals surface area contributed by atoms with E-state index in [0.29, 0.717) is 0 Å². The second kappa shape index (κ2) is 6.17. The Morgan fingerprint density at radius 1 is 1.68 bits per heavy atom. The molecule has 1 unspecified atom stereocenters. The van der Waals surface area contributed by atoms with Crippen LogP contribution in [-0.4, -0.2) is 31.7 Å². The quantitative estimate of drug-likeness (QED) is 0.180. The first-order valence-electron chi connectivity index (χ1n) is 4.98. The van der Waals surface area contributed by atoms with Crippen LogP contribution >= 0.6 is 0 Å². The minimum absolute atomic E-state index is 0.115. The van der Waals surface area contributed by atoms with Crippen LogP contribution < -0.4 is 11.1 Å². The number of azide groups is 1. The van der Waals surface area contributed by atoms with Crippen molar-refractivity contribution >= 4 is 11.9 Å². The number of amides is 1. The van der Waals surface area contributed by atoms with Crippen LogP contribution in [0, 0.1) is 4.91 Å². The number of esters is 1. The highest BCUT2D eigenvalue weighted by Crippen LogP contribution is 2.20. The summed E-state index contributed by atoms with van der Waals surface area (Å²) in [5.41, 5.74) is 13.3. The fourth-order valence-electron chi connectivity index (χ4n) is 1.45. The molecule has 10 heteroatoms. The van der Waals surface area contributed by atoms with Crippen LogP contribution in [0.4, 0.5) is 0 Å². The van der Waals surface area contributed by atoms with Crippen molar-refractivity contribution in [2.24, 2.45) is 16.0 Å². The fraction of sp³-hybridized carbons (Fsp3) is 0.333. The Labute approximate surface area is 106 Å². The van der Waals surface area contributed by atoms with Crippen molar-refractivity contribution in [2.45, 2.75) is 6.17 Å². The smallest absolute Gasteiger partial charge is 0.338 e. The molecule has 0 aromatic carbocycles. The van der Waals surface area contributed by atoms with Gasteiger partial charge >= 0.3 is 5.97 Å². The molecule has 0 saturated heterocycles. The zero-order valence-corrected chi connectivity index (χ0v) is 9.86. The minimum atomic E-state index is -1.18. The van der Waals surface area contributed by atoms with Gasteiger partial charge in [0.2, 0.25) is 0 Å². The van der Waals surface area contributed by atoms with Gasteiger partial charge in [-0.15, -0.1) is 4.91 Å². The van der Waals surface area contributed by atoms with Gasteiger partial charge in [0.1, 0.15) is 0 Å². The topological polar surface area (TPSA) is 160 Å². The zero-order valence-electron chi connectivity index (χ0n) is 9.86. The third-order valence-electron chi connectivity index (χ3n) is 2.24. The number of hydrogen-bond acceptors (Lipinski definition) is 7. The predicted molar refractivity (Wildman–Crippen MR) is 63.1 cm³/mol. The van der Waals surface area contributed by atoms with Crippen molar-refractivity contribution in [3.63, 3.8) is 0 Å². The molecule has 1 rings (SSSR count). The third kappa shape index (κ3) is 3.07. The van der Waals surface area contributed by atoms with Crippen LogP contribution in [0.5, 0.6) is 0 Å². The van der Waals surface area contributed by atoms with E-state index in [9.17, 15) is 14.5 Å². The highest BCUT2D eigenvalue weighted by atomic mass is 16.5. The molecule has 1 amide bonds. The molecular formula is C9H10N6O4. The molecule has 0 bridgehead atoms. The zero-order chi connectivity index (χ0) is 14.4. The van der Waals surface area contributed by atoms with Crippen molar-refractivity contribution in [1.82, 2.24) is 5.32 Å². The van der Waals surface area contributed by atoms with Crippen LogP contribution in [-0.2, 0) is 14.3 Å². The number of carbonyl (C=O) groups is 2. The molecule has 0 fully saturated rings. The Morgan fingerprint density at radius 3 is 2.89 bits per heavy atom. The summed E-state index contributed by atoms with van der Waals surface area (Å²) < 4.78 is 4.49. The fourth-order valence-corrected chi connectivity index (χ4v) is 1.45. The van der Waals surface area contributed by atoms with Gasteiger partial charge < -0.3 is 15.8 Å². The van der Waals surface area contributed by atoms with Gasteiger partial charge in [-0.05, 0) is 16.8 Å². The molecule has 100 valence electrons. The van der Waals surface area contributed by atoms with Crippen LogP contribution in [0.15, 0.2) is 33.2 Å². The van der Waals surface area contributed by atoms with Crippen LogP contribution in [0.1, 0.15) is 0 Å². The van der Waals surface area contributed by atoms with E-state index in [-0.39, 0.29) is 23.4 Å². The van der Waals surface area contributed by atoms with Crippen LogP contribution in [0.3, 0.4) is 0 Å². The third-order valence-corrected chi connectivity index (χ3v) is 2.24. The van der Waals surface area contributed by atoms with E-state index in [4.69, 9.17) is 11.3 Å². The average Bonchev–Trinajstić information content (AvgIpc) is 2.42. The van der Waals surface area contributed by atoms with E-state index in [1.54, 1.807) is 0 Å². The first kappa shape index (κ1) is 14.2. The van der Waals surface area contributed by atoms with Gasteiger partial charge in [-0.2, -0.15) is 0 Å². The summed E-state index contributed by atoms with van der Waals surface area (Å²) in [6, 6.07) is 0. The molecule has 1 aliphatic rings. The normalized spacial score (nSPS) is 20.6. The van der Waals surface area contributed by atoms with Gasteiger partial charge in [-0.1, -0.05) is 5.11 Å². The summed E-state index contributed by atoms with van der Waals surface area (Å²) in [7, 11) is 1.11. The summed E-state index contributed by atoms with van der Waals surface area (Å²) >= 11 is 0. The Bertz CT molecular complexity index is 531. The molecule has 10 nitrogen and oxygen atoms in total. The van der Waals surface area contributed by atoms with E-state index >= 15 is 0 Å². The maximum Gasteiger partial charge on any atom is 0.338 e. The number of carbonyl (C=O) groups excluding carboxylic acids is 2. The Hall–Kier alpha value is -2.87. The first-order chi connectivity index (χ1) is 9.04. The first-order valence-corrected chi connectivity index (χ1v) is 4.98. The summed E-state index contributed by atoms with van der Waals surface area (Å²) in [6.07, 6.45) is -0.0731. The lowest BCUT2D eigenvalue weighted by molar-refractivity contribution is -0.136. The lowest BCUT2D eigenvalue weighted by atomic mass is 9.98. The number of hydrogen-bond donors (Lipinski definition) is 2. The summed E-state index contributed by atoms with van der Waals surface area (Å²) in [5, 5.41) is 8.01. The van der Waals surface area contributed by atoms with Crippen LogP contribution in [0.25, 0.3) is 10.4 Å². The predicted octanol–water partition coefficient (Wildman–Crippen LogP) is -0.169. The second-order valence-corrected chi connectivity index (χ2v) is 3.38. The molecule has 1 heterocycles. The van der Waals surface area contributed by atoms with Gasteiger partial charge in [-0.25, -0.2) is 4.79 Å². The van der Waals surface area contributed by atoms with Gasteiger partial charge in [-0.3, -0.25) is 4.79 Å². The Balaban J connectivity index is 3.32. The molecule has 3 N–H and O–H groups in total. The summed E-state index contributed by atoms with van der Waals surface area (Å²) in [6.45, 7) is -0.299. The molecule has 0 radical (unpaired) electrons. The van der Waals surface area contributed by atoms with Gasteiger partial charge in [0.25, 0.3) is 5.91 Å². The number of methoxy groups -OCH3 is 1. The highest BCUT2D eigenvalue weighted by molar-refractivity contribution is 6.11. The molecule has 1 aliphatic heterocycles. The van der Waals surface area contributed by atoms with Crippen molar-refractivity contribution in [3.05, 3.63) is 38.3 Å². The molecule has 19 heavy (non-hydrogen) atoms.